The molecule has 34 heavy (non-hydrogen) atoms. The van der Waals surface area contributed by atoms with E-state index in [1.807, 2.05) is 41.3 Å². The number of piperazine rings is 1. The van der Waals surface area contributed by atoms with Gasteiger partial charge in [0, 0.05) is 37.1 Å². The van der Waals surface area contributed by atoms with Gasteiger partial charge in [0.15, 0.2) is 0 Å². The summed E-state index contributed by atoms with van der Waals surface area (Å²) >= 11 is 1.42. The number of rotatable bonds is 6. The van der Waals surface area contributed by atoms with Gasteiger partial charge in [-0.2, -0.15) is 0 Å². The Hall–Kier alpha value is -3.76. The number of thiophene rings is 1. The van der Waals surface area contributed by atoms with E-state index in [4.69, 9.17) is 9.72 Å². The molecule has 9 nitrogen and oxygen atoms in total. The van der Waals surface area contributed by atoms with Gasteiger partial charge in [0.2, 0.25) is 0 Å². The van der Waals surface area contributed by atoms with Gasteiger partial charge in [0.25, 0.3) is 11.2 Å². The normalized spacial score (nSPS) is 14.4. The molecule has 4 aromatic rings. The van der Waals surface area contributed by atoms with Crippen molar-refractivity contribution < 1.29 is 9.66 Å². The SMILES string of the molecule is COc1ccc(-c2cc3nc(CN4CCN(c5ccccc5[N+](=O)[O-])CC4)[nH]c(=O)c3s2)cc1. The minimum absolute atomic E-state index is 0.123. The van der Waals surface area contributed by atoms with E-state index in [-0.39, 0.29) is 16.2 Å². The smallest absolute Gasteiger partial charge is 0.292 e. The molecule has 0 saturated carbocycles. The third-order valence-corrected chi connectivity index (χ3v) is 7.14. The Morgan fingerprint density at radius 3 is 2.56 bits per heavy atom. The molecule has 0 spiro atoms. The molecule has 0 unspecified atom stereocenters. The number of ether oxygens (including phenoxy) is 1. The van der Waals surface area contributed by atoms with Crippen LogP contribution >= 0.6 is 11.3 Å². The maximum atomic E-state index is 12.7. The molecule has 0 amide bonds. The summed E-state index contributed by atoms with van der Waals surface area (Å²) in [5.74, 6) is 1.40. The summed E-state index contributed by atoms with van der Waals surface area (Å²) in [7, 11) is 1.63. The highest BCUT2D eigenvalue weighted by Crippen LogP contribution is 2.32. The molecule has 1 aliphatic rings. The maximum Gasteiger partial charge on any atom is 0.292 e. The predicted molar refractivity (Wildman–Crippen MR) is 133 cm³/mol. The Morgan fingerprint density at radius 1 is 1.12 bits per heavy atom. The summed E-state index contributed by atoms with van der Waals surface area (Å²) in [6.07, 6.45) is 0. The first-order valence-electron chi connectivity index (χ1n) is 10.9. The van der Waals surface area contributed by atoms with E-state index in [0.717, 1.165) is 16.2 Å². The standard InChI is InChI=1S/C24H23N5O4S/c1-33-17-8-6-16(7-9-17)21-14-18-23(34-21)24(30)26-22(25-18)15-27-10-12-28(13-11-27)19-4-2-3-5-20(19)29(31)32/h2-9,14H,10-13,15H2,1H3,(H,25,26,30). The number of nitrogens with one attached hydrogen (secondary N) is 1. The molecule has 2 aromatic carbocycles. The molecule has 0 bridgehead atoms. The second kappa shape index (κ2) is 9.24. The molecular weight excluding hydrogens is 454 g/mol. The van der Waals surface area contributed by atoms with Crippen molar-refractivity contribution in [1.82, 2.24) is 14.9 Å². The second-order valence-electron chi connectivity index (χ2n) is 8.08. The van der Waals surface area contributed by atoms with Gasteiger partial charge < -0.3 is 14.6 Å². The number of fused-ring (bicyclic) bond motifs is 1. The number of hydrogen-bond acceptors (Lipinski definition) is 8. The molecule has 0 aliphatic carbocycles. The van der Waals surface area contributed by atoms with E-state index in [9.17, 15) is 14.9 Å². The minimum atomic E-state index is -0.341. The average molecular weight is 478 g/mol. The summed E-state index contributed by atoms with van der Waals surface area (Å²) in [6, 6.07) is 16.5. The number of aromatic nitrogens is 2. The van der Waals surface area contributed by atoms with Crippen LogP contribution in [0.4, 0.5) is 11.4 Å². The first-order valence-corrected chi connectivity index (χ1v) is 11.7. The molecule has 3 heterocycles. The van der Waals surface area contributed by atoms with E-state index in [1.54, 1.807) is 19.2 Å². The van der Waals surface area contributed by atoms with E-state index in [0.29, 0.717) is 54.5 Å². The Balaban J connectivity index is 1.30. The lowest BCUT2D eigenvalue weighted by molar-refractivity contribution is -0.384. The molecule has 10 heteroatoms. The van der Waals surface area contributed by atoms with Crippen molar-refractivity contribution in [3.8, 4) is 16.2 Å². The molecule has 1 fully saturated rings. The summed E-state index contributed by atoms with van der Waals surface area (Å²) in [5.41, 5.74) is 2.33. The topological polar surface area (TPSA) is 105 Å². The highest BCUT2D eigenvalue weighted by Gasteiger charge is 2.24. The number of hydrogen-bond donors (Lipinski definition) is 1. The molecule has 1 N–H and O–H groups in total. The summed E-state index contributed by atoms with van der Waals surface area (Å²) in [5, 5.41) is 11.4. The van der Waals surface area contributed by atoms with Crippen LogP contribution in [0.25, 0.3) is 20.7 Å². The first-order chi connectivity index (χ1) is 16.5. The third kappa shape index (κ3) is 4.37. The third-order valence-electron chi connectivity index (χ3n) is 5.97. The maximum absolute atomic E-state index is 12.7. The Kier molecular flexibility index (Phi) is 5.99. The van der Waals surface area contributed by atoms with Gasteiger partial charge in [0.1, 0.15) is 22.0 Å². The van der Waals surface area contributed by atoms with Crippen LogP contribution in [-0.4, -0.2) is 53.1 Å². The number of para-hydroxylation sites is 2. The highest BCUT2D eigenvalue weighted by atomic mass is 32.1. The lowest BCUT2D eigenvalue weighted by atomic mass is 10.2. The van der Waals surface area contributed by atoms with Crippen molar-refractivity contribution in [3.63, 3.8) is 0 Å². The van der Waals surface area contributed by atoms with Crippen LogP contribution in [0.2, 0.25) is 0 Å². The van der Waals surface area contributed by atoms with Gasteiger partial charge in [-0.25, -0.2) is 4.98 Å². The minimum Gasteiger partial charge on any atom is -0.497 e. The van der Waals surface area contributed by atoms with Crippen molar-refractivity contribution >= 4 is 32.9 Å². The molecule has 5 rings (SSSR count). The lowest BCUT2D eigenvalue weighted by Gasteiger charge is -2.35. The number of nitrogens with zero attached hydrogens (tertiary/aromatic N) is 4. The van der Waals surface area contributed by atoms with Gasteiger partial charge in [-0.1, -0.05) is 12.1 Å². The number of nitro benzene ring substituents is 1. The number of anilines is 1. The van der Waals surface area contributed by atoms with Crippen LogP contribution in [0.3, 0.4) is 0 Å². The van der Waals surface area contributed by atoms with Crippen molar-refractivity contribution in [1.29, 1.82) is 0 Å². The monoisotopic (exact) mass is 477 g/mol. The van der Waals surface area contributed by atoms with Crippen molar-refractivity contribution in [2.45, 2.75) is 6.54 Å². The van der Waals surface area contributed by atoms with E-state index in [2.05, 4.69) is 9.88 Å². The fourth-order valence-corrected chi connectivity index (χ4v) is 5.20. The summed E-state index contributed by atoms with van der Waals surface area (Å²) < 4.78 is 5.82. The first kappa shape index (κ1) is 22.1. The fourth-order valence-electron chi connectivity index (χ4n) is 4.21. The molecule has 2 aromatic heterocycles. The quantitative estimate of drug-likeness (QED) is 0.332. The number of H-pyrrole nitrogens is 1. The van der Waals surface area contributed by atoms with Gasteiger partial charge in [-0.05, 0) is 42.0 Å². The van der Waals surface area contributed by atoms with E-state index in [1.165, 1.54) is 17.4 Å². The van der Waals surface area contributed by atoms with Crippen LogP contribution in [0, 0.1) is 10.1 Å². The average Bonchev–Trinajstić information content (AvgIpc) is 3.29. The molecule has 1 aliphatic heterocycles. The predicted octanol–water partition coefficient (Wildman–Crippen LogP) is 3.89. The Labute approximate surface area is 199 Å². The Morgan fingerprint density at radius 2 is 1.85 bits per heavy atom. The zero-order valence-corrected chi connectivity index (χ0v) is 19.4. The summed E-state index contributed by atoms with van der Waals surface area (Å²) in [4.78, 5) is 36.6. The second-order valence-corrected chi connectivity index (χ2v) is 9.13. The summed E-state index contributed by atoms with van der Waals surface area (Å²) in [6.45, 7) is 3.28. The fraction of sp³-hybridized carbons (Fsp3) is 0.250. The van der Waals surface area contributed by atoms with Crippen molar-refractivity contribution in [2.24, 2.45) is 0 Å². The highest BCUT2D eigenvalue weighted by molar-refractivity contribution is 7.22. The molecular formula is C24H23N5O4S. The molecule has 1 saturated heterocycles. The number of benzene rings is 2. The zero-order valence-electron chi connectivity index (χ0n) is 18.6. The van der Waals surface area contributed by atoms with Crippen LogP contribution in [0.1, 0.15) is 5.82 Å². The van der Waals surface area contributed by atoms with E-state index < -0.39 is 0 Å². The van der Waals surface area contributed by atoms with Crippen LogP contribution < -0.4 is 15.2 Å². The van der Waals surface area contributed by atoms with Gasteiger partial charge >= 0.3 is 0 Å². The zero-order chi connectivity index (χ0) is 23.7. The molecule has 174 valence electrons. The number of nitro groups is 1. The molecule has 0 atom stereocenters. The van der Waals surface area contributed by atoms with Gasteiger partial charge in [-0.15, -0.1) is 11.3 Å². The van der Waals surface area contributed by atoms with Gasteiger partial charge in [0.05, 0.1) is 24.1 Å². The van der Waals surface area contributed by atoms with Crippen LogP contribution in [0.15, 0.2) is 59.4 Å². The van der Waals surface area contributed by atoms with Crippen molar-refractivity contribution in [3.05, 3.63) is 80.9 Å². The largest absolute Gasteiger partial charge is 0.497 e. The lowest BCUT2D eigenvalue weighted by Crippen LogP contribution is -2.46. The number of methoxy groups -OCH3 is 1. The van der Waals surface area contributed by atoms with E-state index >= 15 is 0 Å². The van der Waals surface area contributed by atoms with Crippen molar-refractivity contribution in [2.75, 3.05) is 38.2 Å². The Bertz CT molecular complexity index is 1390. The van der Waals surface area contributed by atoms with Gasteiger partial charge in [-0.3, -0.25) is 19.8 Å². The van der Waals surface area contributed by atoms with Crippen LogP contribution in [-0.2, 0) is 6.54 Å². The number of aromatic amines is 1. The van der Waals surface area contributed by atoms with Crippen LogP contribution in [0.5, 0.6) is 5.75 Å². The molecule has 0 radical (unpaired) electrons.